The highest BCUT2D eigenvalue weighted by atomic mass is 16.5. The van der Waals surface area contributed by atoms with Gasteiger partial charge in [0.25, 0.3) is 0 Å². The van der Waals surface area contributed by atoms with E-state index in [0.29, 0.717) is 5.92 Å². The fraction of sp³-hybridized carbons (Fsp3) is 0.533. The lowest BCUT2D eigenvalue weighted by Crippen LogP contribution is -2.16. The van der Waals surface area contributed by atoms with Crippen LogP contribution >= 0.6 is 0 Å². The number of carboxylic acid groups (broad SMARTS) is 1. The summed E-state index contributed by atoms with van der Waals surface area (Å²) >= 11 is 0. The van der Waals surface area contributed by atoms with Crippen molar-refractivity contribution in [3.8, 4) is 5.75 Å². The molecular weight excluding hydrogens is 242 g/mol. The molecule has 1 atom stereocenters. The average Bonchev–Trinajstić information content (AvgIpc) is 2.35. The summed E-state index contributed by atoms with van der Waals surface area (Å²) < 4.78 is 5.49. The number of nitrogens with two attached hydrogens (primary N) is 1. The minimum absolute atomic E-state index is 0.0625. The number of aliphatic carboxylic acids is 1. The maximum absolute atomic E-state index is 10.8. The van der Waals surface area contributed by atoms with E-state index in [4.69, 9.17) is 15.6 Å². The Hall–Kier alpha value is -1.55. The van der Waals surface area contributed by atoms with Crippen molar-refractivity contribution < 1.29 is 14.6 Å². The topological polar surface area (TPSA) is 72.6 Å². The molecule has 0 aliphatic carbocycles. The monoisotopic (exact) mass is 265 g/mol. The number of hydrogen-bond donors (Lipinski definition) is 2. The Bertz CT molecular complexity index is 455. The van der Waals surface area contributed by atoms with Crippen molar-refractivity contribution in [2.45, 2.75) is 45.6 Å². The molecule has 0 bridgehead atoms. The highest BCUT2D eigenvalue weighted by Gasteiger charge is 2.17. The fourth-order valence-electron chi connectivity index (χ4n) is 2.20. The summed E-state index contributed by atoms with van der Waals surface area (Å²) in [6, 6.07) is 3.44. The van der Waals surface area contributed by atoms with Crippen LogP contribution in [0.3, 0.4) is 0 Å². The van der Waals surface area contributed by atoms with Crippen LogP contribution in [-0.2, 0) is 11.2 Å². The van der Waals surface area contributed by atoms with Gasteiger partial charge >= 0.3 is 5.97 Å². The number of benzene rings is 1. The number of rotatable bonds is 6. The van der Waals surface area contributed by atoms with Crippen LogP contribution in [0.4, 0.5) is 0 Å². The van der Waals surface area contributed by atoms with Gasteiger partial charge in [-0.3, -0.25) is 4.79 Å². The van der Waals surface area contributed by atoms with Crippen LogP contribution in [0.5, 0.6) is 5.75 Å². The first-order valence-corrected chi connectivity index (χ1v) is 6.58. The standard InChI is InChI=1S/C15H23NO3/c1-5-10-6-11(13(16)8-14(17)18)7-12(9(2)3)15(10)19-4/h6-7,9,13H,5,8,16H2,1-4H3,(H,17,18). The zero-order valence-electron chi connectivity index (χ0n) is 12.1. The number of hydrogen-bond acceptors (Lipinski definition) is 3. The predicted molar refractivity (Wildman–Crippen MR) is 75.6 cm³/mol. The largest absolute Gasteiger partial charge is 0.496 e. The third-order valence-electron chi connectivity index (χ3n) is 3.25. The molecule has 106 valence electrons. The van der Waals surface area contributed by atoms with Crippen LogP contribution in [0.15, 0.2) is 12.1 Å². The highest BCUT2D eigenvalue weighted by molar-refractivity contribution is 5.68. The summed E-state index contributed by atoms with van der Waals surface area (Å²) in [5.41, 5.74) is 8.98. The number of ether oxygens (including phenoxy) is 1. The molecule has 0 aliphatic rings. The minimum Gasteiger partial charge on any atom is -0.496 e. The predicted octanol–water partition coefficient (Wildman–Crippen LogP) is 2.86. The van der Waals surface area contributed by atoms with Crippen LogP contribution in [0.1, 0.15) is 55.8 Å². The van der Waals surface area contributed by atoms with Gasteiger partial charge in [0.2, 0.25) is 0 Å². The second-order valence-corrected chi connectivity index (χ2v) is 5.02. The van der Waals surface area contributed by atoms with E-state index in [1.807, 2.05) is 12.1 Å². The molecule has 1 unspecified atom stereocenters. The van der Waals surface area contributed by atoms with E-state index in [1.165, 1.54) is 0 Å². The van der Waals surface area contributed by atoms with Crippen molar-refractivity contribution in [3.63, 3.8) is 0 Å². The summed E-state index contributed by atoms with van der Waals surface area (Å²) in [5, 5.41) is 8.85. The van der Waals surface area contributed by atoms with Gasteiger partial charge in [0.05, 0.1) is 13.5 Å². The van der Waals surface area contributed by atoms with E-state index in [1.54, 1.807) is 7.11 Å². The molecule has 19 heavy (non-hydrogen) atoms. The van der Waals surface area contributed by atoms with Gasteiger partial charge in [-0.25, -0.2) is 0 Å². The van der Waals surface area contributed by atoms with E-state index in [0.717, 1.165) is 28.9 Å². The number of aryl methyl sites for hydroxylation is 1. The Labute approximate surface area is 114 Å². The molecule has 0 aliphatic heterocycles. The first-order valence-electron chi connectivity index (χ1n) is 6.58. The number of methoxy groups -OCH3 is 1. The molecule has 0 aromatic heterocycles. The lowest BCUT2D eigenvalue weighted by atomic mass is 9.92. The van der Waals surface area contributed by atoms with E-state index >= 15 is 0 Å². The first-order chi connectivity index (χ1) is 8.90. The molecule has 0 radical (unpaired) electrons. The summed E-state index contributed by atoms with van der Waals surface area (Å²) in [4.78, 5) is 10.8. The third-order valence-corrected chi connectivity index (χ3v) is 3.25. The van der Waals surface area contributed by atoms with E-state index in [-0.39, 0.29) is 6.42 Å². The Kier molecular flexibility index (Phi) is 5.36. The quantitative estimate of drug-likeness (QED) is 0.829. The molecule has 0 fully saturated rings. The van der Waals surface area contributed by atoms with Gasteiger partial charge in [-0.05, 0) is 29.0 Å². The molecule has 1 aromatic rings. The second-order valence-electron chi connectivity index (χ2n) is 5.02. The normalized spacial score (nSPS) is 12.5. The van der Waals surface area contributed by atoms with Crippen molar-refractivity contribution in [1.82, 2.24) is 0 Å². The Morgan fingerprint density at radius 1 is 1.42 bits per heavy atom. The van der Waals surface area contributed by atoms with Gasteiger partial charge in [-0.1, -0.05) is 32.9 Å². The Morgan fingerprint density at radius 2 is 2.05 bits per heavy atom. The summed E-state index contributed by atoms with van der Waals surface area (Å²) in [6.45, 7) is 6.22. The third kappa shape index (κ3) is 3.70. The molecule has 0 saturated carbocycles. The van der Waals surface area contributed by atoms with Crippen molar-refractivity contribution in [3.05, 3.63) is 28.8 Å². The number of carbonyl (C=O) groups is 1. The first kappa shape index (κ1) is 15.5. The van der Waals surface area contributed by atoms with Gasteiger partial charge in [-0.15, -0.1) is 0 Å². The van der Waals surface area contributed by atoms with Crippen LogP contribution in [0.2, 0.25) is 0 Å². The van der Waals surface area contributed by atoms with Crippen molar-refractivity contribution in [2.24, 2.45) is 5.73 Å². The summed E-state index contributed by atoms with van der Waals surface area (Å²) in [7, 11) is 1.66. The second kappa shape index (κ2) is 6.57. The molecule has 0 saturated heterocycles. The van der Waals surface area contributed by atoms with Gasteiger partial charge < -0.3 is 15.6 Å². The number of carboxylic acids is 1. The molecule has 1 rings (SSSR count). The average molecular weight is 265 g/mol. The SMILES string of the molecule is CCc1cc(C(N)CC(=O)O)cc(C(C)C)c1OC. The molecule has 0 amide bonds. The van der Waals surface area contributed by atoms with Crippen molar-refractivity contribution in [1.29, 1.82) is 0 Å². The zero-order valence-corrected chi connectivity index (χ0v) is 12.1. The van der Waals surface area contributed by atoms with Gasteiger partial charge in [0.1, 0.15) is 5.75 Å². The molecule has 1 aromatic carbocycles. The molecule has 0 spiro atoms. The molecule has 0 heterocycles. The van der Waals surface area contributed by atoms with Crippen LogP contribution in [0.25, 0.3) is 0 Å². The highest BCUT2D eigenvalue weighted by Crippen LogP contribution is 2.33. The maximum Gasteiger partial charge on any atom is 0.305 e. The lowest BCUT2D eigenvalue weighted by Gasteiger charge is -2.20. The van der Waals surface area contributed by atoms with Gasteiger partial charge in [0.15, 0.2) is 0 Å². The molecule has 4 heteroatoms. The van der Waals surface area contributed by atoms with Crippen LogP contribution in [0, 0.1) is 0 Å². The summed E-state index contributed by atoms with van der Waals surface area (Å²) in [6.07, 6.45) is 0.767. The van der Waals surface area contributed by atoms with Crippen molar-refractivity contribution >= 4 is 5.97 Å². The molecule has 4 nitrogen and oxygen atoms in total. The maximum atomic E-state index is 10.8. The fourth-order valence-corrected chi connectivity index (χ4v) is 2.20. The van der Waals surface area contributed by atoms with Crippen LogP contribution in [-0.4, -0.2) is 18.2 Å². The van der Waals surface area contributed by atoms with E-state index in [9.17, 15) is 4.79 Å². The molecule has 3 N–H and O–H groups in total. The van der Waals surface area contributed by atoms with E-state index in [2.05, 4.69) is 20.8 Å². The Balaban J connectivity index is 3.27. The van der Waals surface area contributed by atoms with Gasteiger partial charge in [0, 0.05) is 6.04 Å². The van der Waals surface area contributed by atoms with E-state index < -0.39 is 12.0 Å². The summed E-state index contributed by atoms with van der Waals surface area (Å²) in [5.74, 6) is 0.313. The zero-order chi connectivity index (χ0) is 14.6. The Morgan fingerprint density at radius 3 is 2.47 bits per heavy atom. The lowest BCUT2D eigenvalue weighted by molar-refractivity contribution is -0.137. The minimum atomic E-state index is -0.882. The van der Waals surface area contributed by atoms with Crippen molar-refractivity contribution in [2.75, 3.05) is 7.11 Å². The van der Waals surface area contributed by atoms with Crippen LogP contribution < -0.4 is 10.5 Å². The smallest absolute Gasteiger partial charge is 0.305 e. The van der Waals surface area contributed by atoms with Gasteiger partial charge in [-0.2, -0.15) is 0 Å². The molecular formula is C15H23NO3.